The fraction of sp³-hybridized carbons (Fsp3) is 0.188. The third kappa shape index (κ3) is 2.16. The predicted octanol–water partition coefficient (Wildman–Crippen LogP) is 3.47. The van der Waals surface area contributed by atoms with Crippen molar-refractivity contribution in [3.8, 4) is 23.0 Å². The molecule has 2 heterocycles. The number of benzene rings is 1. The van der Waals surface area contributed by atoms with Gasteiger partial charge in [0.25, 0.3) is 0 Å². The second kappa shape index (κ2) is 5.01. The fourth-order valence-electron chi connectivity index (χ4n) is 2.12. The SMILES string of the molecule is CCOc1c(-c2cc3ccccc3o2)oc(=O)c(C)c1O. The molecule has 108 valence electrons. The molecule has 0 fully saturated rings. The lowest BCUT2D eigenvalue weighted by molar-refractivity contribution is 0.301. The third-order valence-corrected chi connectivity index (χ3v) is 3.22. The van der Waals surface area contributed by atoms with Crippen LogP contribution in [0.5, 0.6) is 11.5 Å². The Morgan fingerprint density at radius 3 is 2.71 bits per heavy atom. The molecule has 0 spiro atoms. The summed E-state index contributed by atoms with van der Waals surface area (Å²) >= 11 is 0. The average Bonchev–Trinajstić information content (AvgIpc) is 2.91. The van der Waals surface area contributed by atoms with Gasteiger partial charge < -0.3 is 18.7 Å². The number of aromatic hydroxyl groups is 1. The van der Waals surface area contributed by atoms with Crippen LogP contribution < -0.4 is 10.4 Å². The van der Waals surface area contributed by atoms with E-state index in [-0.39, 0.29) is 22.8 Å². The van der Waals surface area contributed by atoms with Crippen molar-refractivity contribution in [3.63, 3.8) is 0 Å². The number of furan rings is 1. The molecule has 0 unspecified atom stereocenters. The quantitative estimate of drug-likeness (QED) is 0.798. The second-order valence-electron chi connectivity index (χ2n) is 4.60. The van der Waals surface area contributed by atoms with Gasteiger partial charge in [-0.2, -0.15) is 0 Å². The lowest BCUT2D eigenvalue weighted by atomic mass is 10.2. The Morgan fingerprint density at radius 1 is 1.24 bits per heavy atom. The van der Waals surface area contributed by atoms with Crippen LogP contribution in [0.4, 0.5) is 0 Å². The first kappa shape index (κ1) is 13.3. The van der Waals surface area contributed by atoms with Crippen LogP contribution in [-0.4, -0.2) is 11.7 Å². The molecule has 0 bridgehead atoms. The molecule has 5 heteroatoms. The lowest BCUT2D eigenvalue weighted by Gasteiger charge is -2.10. The second-order valence-corrected chi connectivity index (χ2v) is 4.60. The summed E-state index contributed by atoms with van der Waals surface area (Å²) in [7, 11) is 0. The monoisotopic (exact) mass is 286 g/mol. The number of rotatable bonds is 3. The zero-order valence-electron chi connectivity index (χ0n) is 11.7. The maximum absolute atomic E-state index is 11.8. The van der Waals surface area contributed by atoms with Crippen LogP contribution in [0.2, 0.25) is 0 Å². The van der Waals surface area contributed by atoms with E-state index in [0.29, 0.717) is 18.0 Å². The first-order valence-electron chi connectivity index (χ1n) is 6.60. The van der Waals surface area contributed by atoms with E-state index < -0.39 is 5.63 Å². The zero-order chi connectivity index (χ0) is 15.0. The first-order valence-corrected chi connectivity index (χ1v) is 6.60. The molecule has 0 atom stereocenters. The van der Waals surface area contributed by atoms with Crippen molar-refractivity contribution in [2.24, 2.45) is 0 Å². The van der Waals surface area contributed by atoms with Crippen molar-refractivity contribution in [2.45, 2.75) is 13.8 Å². The van der Waals surface area contributed by atoms with Gasteiger partial charge in [0.1, 0.15) is 5.58 Å². The van der Waals surface area contributed by atoms with Crippen molar-refractivity contribution in [2.75, 3.05) is 6.61 Å². The molecule has 0 radical (unpaired) electrons. The molecule has 2 aromatic heterocycles. The van der Waals surface area contributed by atoms with Crippen LogP contribution in [0.15, 0.2) is 44.0 Å². The van der Waals surface area contributed by atoms with Crippen LogP contribution in [0.1, 0.15) is 12.5 Å². The molecule has 1 aromatic carbocycles. The van der Waals surface area contributed by atoms with Gasteiger partial charge in [0, 0.05) is 5.39 Å². The van der Waals surface area contributed by atoms with Gasteiger partial charge in [-0.25, -0.2) is 4.79 Å². The van der Waals surface area contributed by atoms with Crippen molar-refractivity contribution in [3.05, 3.63) is 46.3 Å². The molecule has 0 saturated carbocycles. The normalized spacial score (nSPS) is 11.0. The maximum atomic E-state index is 11.8. The minimum Gasteiger partial charge on any atom is -0.504 e. The molecule has 0 aliphatic rings. The Balaban J connectivity index is 2.27. The van der Waals surface area contributed by atoms with Crippen LogP contribution >= 0.6 is 0 Å². The van der Waals surface area contributed by atoms with E-state index in [2.05, 4.69) is 0 Å². The van der Waals surface area contributed by atoms with Gasteiger partial charge in [0.05, 0.1) is 12.2 Å². The van der Waals surface area contributed by atoms with E-state index in [1.54, 1.807) is 13.0 Å². The molecule has 3 aromatic rings. The molecular formula is C16H14O5. The van der Waals surface area contributed by atoms with Crippen molar-refractivity contribution >= 4 is 11.0 Å². The Bertz CT molecular complexity index is 824. The minimum absolute atomic E-state index is 0.0983. The molecule has 21 heavy (non-hydrogen) atoms. The van der Waals surface area contributed by atoms with Gasteiger partial charge in [-0.15, -0.1) is 0 Å². The summed E-state index contributed by atoms with van der Waals surface area (Å²) in [6.07, 6.45) is 0. The smallest absolute Gasteiger partial charge is 0.343 e. The fourth-order valence-corrected chi connectivity index (χ4v) is 2.12. The van der Waals surface area contributed by atoms with Crippen LogP contribution in [0.25, 0.3) is 22.5 Å². The van der Waals surface area contributed by atoms with E-state index >= 15 is 0 Å². The van der Waals surface area contributed by atoms with E-state index in [1.807, 2.05) is 24.3 Å². The minimum atomic E-state index is -0.619. The Labute approximate surface area is 120 Å². The highest BCUT2D eigenvalue weighted by atomic mass is 16.5. The summed E-state index contributed by atoms with van der Waals surface area (Å²) < 4.78 is 16.3. The van der Waals surface area contributed by atoms with Crippen molar-refractivity contribution in [1.29, 1.82) is 0 Å². The van der Waals surface area contributed by atoms with Gasteiger partial charge in [-0.1, -0.05) is 18.2 Å². The topological polar surface area (TPSA) is 72.8 Å². The summed E-state index contributed by atoms with van der Waals surface area (Å²) in [5.74, 6) is 0.338. The Kier molecular flexibility index (Phi) is 3.17. The number of fused-ring (bicyclic) bond motifs is 1. The Hall–Kier alpha value is -2.69. The molecule has 3 rings (SSSR count). The molecule has 1 N–H and O–H groups in total. The number of hydrogen-bond donors (Lipinski definition) is 1. The Morgan fingerprint density at radius 2 is 2.00 bits per heavy atom. The van der Waals surface area contributed by atoms with Gasteiger partial charge >= 0.3 is 5.63 Å². The predicted molar refractivity (Wildman–Crippen MR) is 77.8 cm³/mol. The van der Waals surface area contributed by atoms with E-state index in [1.165, 1.54) is 6.92 Å². The average molecular weight is 286 g/mol. The van der Waals surface area contributed by atoms with Crippen molar-refractivity contribution in [1.82, 2.24) is 0 Å². The molecule has 5 nitrogen and oxygen atoms in total. The van der Waals surface area contributed by atoms with Crippen molar-refractivity contribution < 1.29 is 18.7 Å². The highest BCUT2D eigenvalue weighted by molar-refractivity contribution is 5.83. The lowest BCUT2D eigenvalue weighted by Crippen LogP contribution is -2.06. The standard InChI is InChI=1S/C16H14O5/c1-3-19-15-13(17)9(2)16(18)21-14(15)12-8-10-6-4-5-7-11(10)20-12/h4-8,17H,3H2,1-2H3. The van der Waals surface area contributed by atoms with E-state index in [9.17, 15) is 9.90 Å². The van der Waals surface area contributed by atoms with Crippen LogP contribution in [0.3, 0.4) is 0 Å². The summed E-state index contributed by atoms with van der Waals surface area (Å²) in [5.41, 5.74) is 0.155. The van der Waals surface area contributed by atoms with Gasteiger partial charge in [-0.05, 0) is 26.0 Å². The largest absolute Gasteiger partial charge is 0.504 e. The summed E-state index contributed by atoms with van der Waals surface area (Å²) in [4.78, 5) is 11.8. The summed E-state index contributed by atoms with van der Waals surface area (Å²) in [5, 5.41) is 11.0. The summed E-state index contributed by atoms with van der Waals surface area (Å²) in [6.45, 7) is 3.59. The van der Waals surface area contributed by atoms with E-state index in [0.717, 1.165) is 5.39 Å². The van der Waals surface area contributed by atoms with Gasteiger partial charge in [0.15, 0.2) is 11.5 Å². The van der Waals surface area contributed by atoms with E-state index in [4.69, 9.17) is 13.6 Å². The van der Waals surface area contributed by atoms with Crippen LogP contribution in [0, 0.1) is 6.92 Å². The first-order chi connectivity index (χ1) is 10.1. The zero-order valence-corrected chi connectivity index (χ0v) is 11.7. The maximum Gasteiger partial charge on any atom is 0.343 e. The van der Waals surface area contributed by atoms with Gasteiger partial charge in [0.2, 0.25) is 11.5 Å². The molecular weight excluding hydrogens is 272 g/mol. The van der Waals surface area contributed by atoms with Crippen LogP contribution in [-0.2, 0) is 0 Å². The number of para-hydroxylation sites is 1. The molecule has 0 aliphatic carbocycles. The highest BCUT2D eigenvalue weighted by Gasteiger charge is 2.22. The summed E-state index contributed by atoms with van der Waals surface area (Å²) in [6, 6.07) is 9.17. The molecule has 0 amide bonds. The highest BCUT2D eigenvalue weighted by Crippen LogP contribution is 2.39. The molecule has 0 saturated heterocycles. The molecule has 0 aliphatic heterocycles. The van der Waals surface area contributed by atoms with Gasteiger partial charge in [-0.3, -0.25) is 0 Å². The number of ether oxygens (including phenoxy) is 1. The number of hydrogen-bond acceptors (Lipinski definition) is 5. The third-order valence-electron chi connectivity index (χ3n) is 3.22.